The molecule has 0 bridgehead atoms. The second-order valence-electron chi connectivity index (χ2n) is 4.16. The van der Waals surface area contributed by atoms with Crippen LogP contribution in [0.4, 0.5) is 5.69 Å². The van der Waals surface area contributed by atoms with Crippen LogP contribution in [0.25, 0.3) is 0 Å². The number of rotatable bonds is 2. The first-order chi connectivity index (χ1) is 7.20. The fraction of sp³-hybridized carbons (Fsp3) is 0.417. The molecule has 2 nitrogen and oxygen atoms in total. The minimum absolute atomic E-state index is 0.544. The Morgan fingerprint density at radius 3 is 2.87 bits per heavy atom. The lowest BCUT2D eigenvalue weighted by atomic mass is 10.2. The molecule has 1 heterocycles. The zero-order valence-corrected chi connectivity index (χ0v) is 9.50. The van der Waals surface area contributed by atoms with E-state index in [-0.39, 0.29) is 0 Å². The standard InChI is InChI=1S/C12H14ClNO/c1-9-4-5-14(7-9)11-3-2-10(8-15)12(13)6-11/h2-3,6,8-9H,4-5,7H2,1H3. The maximum atomic E-state index is 10.6. The van der Waals surface area contributed by atoms with Crippen LogP contribution in [0.2, 0.25) is 5.02 Å². The van der Waals surface area contributed by atoms with Gasteiger partial charge in [0.15, 0.2) is 6.29 Å². The highest BCUT2D eigenvalue weighted by Crippen LogP contribution is 2.27. The summed E-state index contributed by atoms with van der Waals surface area (Å²) in [4.78, 5) is 12.9. The summed E-state index contributed by atoms with van der Waals surface area (Å²) < 4.78 is 0. The van der Waals surface area contributed by atoms with Crippen molar-refractivity contribution in [2.45, 2.75) is 13.3 Å². The lowest BCUT2D eigenvalue weighted by Crippen LogP contribution is -2.18. The summed E-state index contributed by atoms with van der Waals surface area (Å²) in [5.74, 6) is 0.745. The van der Waals surface area contributed by atoms with Gasteiger partial charge >= 0.3 is 0 Å². The van der Waals surface area contributed by atoms with Gasteiger partial charge in [0.25, 0.3) is 0 Å². The summed E-state index contributed by atoms with van der Waals surface area (Å²) in [6.07, 6.45) is 2.02. The summed E-state index contributed by atoms with van der Waals surface area (Å²) in [6, 6.07) is 5.63. The molecule has 2 rings (SSSR count). The molecular formula is C12H14ClNO. The third-order valence-electron chi connectivity index (χ3n) is 2.90. The normalized spacial score (nSPS) is 20.7. The van der Waals surface area contributed by atoms with Crippen molar-refractivity contribution in [2.24, 2.45) is 5.92 Å². The van der Waals surface area contributed by atoms with Gasteiger partial charge in [-0.25, -0.2) is 0 Å². The van der Waals surface area contributed by atoms with E-state index in [1.54, 1.807) is 6.07 Å². The van der Waals surface area contributed by atoms with Crippen molar-refractivity contribution in [1.82, 2.24) is 0 Å². The number of nitrogens with zero attached hydrogens (tertiary/aromatic N) is 1. The van der Waals surface area contributed by atoms with Gasteiger partial charge < -0.3 is 4.90 Å². The Morgan fingerprint density at radius 2 is 2.33 bits per heavy atom. The maximum Gasteiger partial charge on any atom is 0.151 e. The molecule has 0 aliphatic carbocycles. The van der Waals surface area contributed by atoms with Gasteiger partial charge in [-0.1, -0.05) is 18.5 Å². The average molecular weight is 224 g/mol. The molecule has 0 saturated carbocycles. The first-order valence-electron chi connectivity index (χ1n) is 5.20. The first kappa shape index (κ1) is 10.5. The van der Waals surface area contributed by atoms with Crippen LogP contribution in [-0.2, 0) is 0 Å². The van der Waals surface area contributed by atoms with Crippen LogP contribution in [0.15, 0.2) is 18.2 Å². The van der Waals surface area contributed by atoms with Crippen LogP contribution < -0.4 is 4.90 Å². The fourth-order valence-electron chi connectivity index (χ4n) is 1.98. The Balaban J connectivity index is 2.22. The van der Waals surface area contributed by atoms with Gasteiger partial charge in [0.05, 0.1) is 5.02 Å². The number of carbonyl (C=O) groups is 1. The summed E-state index contributed by atoms with van der Waals surface area (Å²) in [7, 11) is 0. The van der Waals surface area contributed by atoms with E-state index < -0.39 is 0 Å². The Kier molecular flexibility index (Phi) is 2.96. The van der Waals surface area contributed by atoms with Crippen molar-refractivity contribution in [2.75, 3.05) is 18.0 Å². The Hall–Kier alpha value is -1.02. The molecule has 1 aliphatic rings. The van der Waals surface area contributed by atoms with Crippen LogP contribution in [0.1, 0.15) is 23.7 Å². The Morgan fingerprint density at radius 1 is 1.53 bits per heavy atom. The van der Waals surface area contributed by atoms with Gasteiger partial charge in [-0.15, -0.1) is 0 Å². The zero-order chi connectivity index (χ0) is 10.8. The minimum atomic E-state index is 0.544. The molecule has 1 unspecified atom stereocenters. The molecule has 15 heavy (non-hydrogen) atoms. The number of carbonyl (C=O) groups excluding carboxylic acids is 1. The van der Waals surface area contributed by atoms with Crippen LogP contribution in [0.5, 0.6) is 0 Å². The van der Waals surface area contributed by atoms with Crippen molar-refractivity contribution < 1.29 is 4.79 Å². The summed E-state index contributed by atoms with van der Waals surface area (Å²) in [5.41, 5.74) is 1.68. The van der Waals surface area contributed by atoms with Crippen LogP contribution in [-0.4, -0.2) is 19.4 Å². The largest absolute Gasteiger partial charge is 0.371 e. The quantitative estimate of drug-likeness (QED) is 0.719. The molecule has 0 radical (unpaired) electrons. The summed E-state index contributed by atoms with van der Waals surface area (Å²) in [6.45, 7) is 4.41. The molecular weight excluding hydrogens is 210 g/mol. The lowest BCUT2D eigenvalue weighted by molar-refractivity contribution is 0.112. The van der Waals surface area contributed by atoms with E-state index in [9.17, 15) is 4.79 Å². The predicted octanol–water partition coefficient (Wildman–Crippen LogP) is 3.00. The van der Waals surface area contributed by atoms with Gasteiger partial charge in [0.1, 0.15) is 0 Å². The molecule has 0 N–H and O–H groups in total. The number of anilines is 1. The number of halogens is 1. The Bertz CT molecular complexity index is 378. The van der Waals surface area contributed by atoms with Crippen molar-refractivity contribution in [3.8, 4) is 0 Å². The smallest absolute Gasteiger partial charge is 0.151 e. The fourth-order valence-corrected chi connectivity index (χ4v) is 2.20. The van der Waals surface area contributed by atoms with Crippen LogP contribution >= 0.6 is 11.6 Å². The molecule has 80 valence electrons. The number of aldehydes is 1. The minimum Gasteiger partial charge on any atom is -0.371 e. The molecule has 3 heteroatoms. The molecule has 0 spiro atoms. The van der Waals surface area contributed by atoms with E-state index >= 15 is 0 Å². The highest BCUT2D eigenvalue weighted by molar-refractivity contribution is 6.33. The second kappa shape index (κ2) is 4.23. The van der Waals surface area contributed by atoms with Crippen molar-refractivity contribution in [3.05, 3.63) is 28.8 Å². The molecule has 1 atom stereocenters. The zero-order valence-electron chi connectivity index (χ0n) is 8.74. The van der Waals surface area contributed by atoms with Gasteiger partial charge in [-0.2, -0.15) is 0 Å². The molecule has 1 aliphatic heterocycles. The van der Waals surface area contributed by atoms with Crippen molar-refractivity contribution >= 4 is 23.6 Å². The third-order valence-corrected chi connectivity index (χ3v) is 3.23. The molecule has 1 saturated heterocycles. The topological polar surface area (TPSA) is 20.3 Å². The summed E-state index contributed by atoms with van der Waals surface area (Å²) >= 11 is 5.99. The maximum absolute atomic E-state index is 10.6. The Labute approximate surface area is 94.8 Å². The SMILES string of the molecule is CC1CCN(c2ccc(C=O)c(Cl)c2)C1. The average Bonchev–Trinajstić information content (AvgIpc) is 2.65. The van der Waals surface area contributed by atoms with E-state index in [2.05, 4.69) is 11.8 Å². The second-order valence-corrected chi connectivity index (χ2v) is 4.57. The van der Waals surface area contributed by atoms with E-state index in [1.165, 1.54) is 6.42 Å². The number of hydrogen-bond acceptors (Lipinski definition) is 2. The van der Waals surface area contributed by atoms with Crippen LogP contribution in [0, 0.1) is 5.92 Å². The van der Waals surface area contributed by atoms with E-state index in [0.29, 0.717) is 10.6 Å². The molecule has 0 aromatic heterocycles. The molecule has 1 aromatic rings. The third kappa shape index (κ3) is 2.15. The van der Waals surface area contributed by atoms with Gasteiger partial charge in [0.2, 0.25) is 0 Å². The van der Waals surface area contributed by atoms with Gasteiger partial charge in [-0.05, 0) is 30.5 Å². The van der Waals surface area contributed by atoms with E-state index in [1.807, 2.05) is 12.1 Å². The van der Waals surface area contributed by atoms with Gasteiger partial charge in [0, 0.05) is 24.3 Å². The highest BCUT2D eigenvalue weighted by atomic mass is 35.5. The van der Waals surface area contributed by atoms with E-state index in [4.69, 9.17) is 11.6 Å². The van der Waals surface area contributed by atoms with Crippen molar-refractivity contribution in [3.63, 3.8) is 0 Å². The lowest BCUT2D eigenvalue weighted by Gasteiger charge is -2.18. The van der Waals surface area contributed by atoms with Gasteiger partial charge in [-0.3, -0.25) is 4.79 Å². The van der Waals surface area contributed by atoms with E-state index in [0.717, 1.165) is 31.0 Å². The number of benzene rings is 1. The first-order valence-corrected chi connectivity index (χ1v) is 5.58. The highest BCUT2D eigenvalue weighted by Gasteiger charge is 2.19. The molecule has 1 fully saturated rings. The molecule has 0 amide bonds. The number of hydrogen-bond donors (Lipinski definition) is 0. The summed E-state index contributed by atoms with van der Waals surface area (Å²) in [5, 5.41) is 0.544. The molecule has 1 aromatic carbocycles. The monoisotopic (exact) mass is 223 g/mol. The van der Waals surface area contributed by atoms with Crippen molar-refractivity contribution in [1.29, 1.82) is 0 Å². The van der Waals surface area contributed by atoms with Crippen LogP contribution in [0.3, 0.4) is 0 Å². The predicted molar refractivity (Wildman–Crippen MR) is 62.8 cm³/mol.